The van der Waals surface area contributed by atoms with Gasteiger partial charge in [-0.15, -0.1) is 0 Å². The van der Waals surface area contributed by atoms with Crippen LogP contribution in [0.15, 0.2) is 24.3 Å². The topological polar surface area (TPSA) is 64.9 Å². The van der Waals surface area contributed by atoms with Crippen molar-refractivity contribution in [1.82, 2.24) is 5.32 Å². The van der Waals surface area contributed by atoms with E-state index in [-0.39, 0.29) is 5.91 Å². The first-order chi connectivity index (χ1) is 9.54. The van der Waals surface area contributed by atoms with Crippen LogP contribution < -0.4 is 10.6 Å². The molecule has 106 valence electrons. The lowest BCUT2D eigenvalue weighted by atomic mass is 9.74. The summed E-state index contributed by atoms with van der Waals surface area (Å²) in [5.41, 5.74) is 0.821. The second-order valence-corrected chi connectivity index (χ2v) is 5.91. The van der Waals surface area contributed by atoms with E-state index >= 15 is 0 Å². The molecule has 1 amide bonds. The van der Waals surface area contributed by atoms with E-state index in [1.54, 1.807) is 18.2 Å². The summed E-state index contributed by atoms with van der Waals surface area (Å²) < 4.78 is 0. The molecule has 0 saturated carbocycles. The van der Waals surface area contributed by atoms with E-state index in [1.807, 2.05) is 19.9 Å². The van der Waals surface area contributed by atoms with Crippen molar-refractivity contribution < 1.29 is 4.79 Å². The van der Waals surface area contributed by atoms with Gasteiger partial charge in [-0.3, -0.25) is 4.79 Å². The average Bonchev–Trinajstić information content (AvgIpc) is 2.48. The van der Waals surface area contributed by atoms with Crippen LogP contribution in [0.25, 0.3) is 0 Å². The molecule has 2 rings (SSSR count). The Balaban J connectivity index is 2.08. The highest BCUT2D eigenvalue weighted by atomic mass is 16.2. The van der Waals surface area contributed by atoms with E-state index < -0.39 is 5.41 Å². The molecule has 1 aliphatic heterocycles. The number of anilines is 1. The fourth-order valence-electron chi connectivity index (χ4n) is 2.61. The third kappa shape index (κ3) is 3.17. The van der Waals surface area contributed by atoms with Crippen molar-refractivity contribution in [2.24, 2.45) is 11.3 Å². The number of hydrogen-bond donors (Lipinski definition) is 2. The minimum atomic E-state index is -0.421. The van der Waals surface area contributed by atoms with Gasteiger partial charge < -0.3 is 10.6 Å². The molecule has 1 aliphatic rings. The van der Waals surface area contributed by atoms with Gasteiger partial charge in [0.05, 0.1) is 11.6 Å². The molecule has 4 heteroatoms. The van der Waals surface area contributed by atoms with Crippen molar-refractivity contribution in [2.45, 2.75) is 26.7 Å². The zero-order valence-corrected chi connectivity index (χ0v) is 12.1. The van der Waals surface area contributed by atoms with Crippen molar-refractivity contribution in [3.05, 3.63) is 29.8 Å². The number of amides is 1. The first-order valence-corrected chi connectivity index (χ1v) is 7.06. The molecule has 1 aromatic rings. The fourth-order valence-corrected chi connectivity index (χ4v) is 2.61. The van der Waals surface area contributed by atoms with Crippen LogP contribution in [0.2, 0.25) is 0 Å². The molecule has 20 heavy (non-hydrogen) atoms. The number of hydrogen-bond acceptors (Lipinski definition) is 3. The highest BCUT2D eigenvalue weighted by Gasteiger charge is 2.37. The predicted octanol–water partition coefficient (Wildman–Crippen LogP) is 2.52. The zero-order valence-electron chi connectivity index (χ0n) is 12.1. The molecule has 0 spiro atoms. The third-order valence-corrected chi connectivity index (χ3v) is 4.15. The number of piperidine rings is 1. The van der Waals surface area contributed by atoms with Crippen LogP contribution in [-0.2, 0) is 4.79 Å². The van der Waals surface area contributed by atoms with Gasteiger partial charge in [-0.25, -0.2) is 0 Å². The number of nitrogens with one attached hydrogen (secondary N) is 2. The second-order valence-electron chi connectivity index (χ2n) is 5.91. The monoisotopic (exact) mass is 271 g/mol. The van der Waals surface area contributed by atoms with E-state index in [0.717, 1.165) is 25.9 Å². The minimum Gasteiger partial charge on any atom is -0.326 e. The predicted molar refractivity (Wildman–Crippen MR) is 79.2 cm³/mol. The van der Waals surface area contributed by atoms with E-state index in [0.29, 0.717) is 17.2 Å². The lowest BCUT2D eigenvalue weighted by molar-refractivity contribution is -0.127. The number of carbonyl (C=O) groups excluding carboxylic acids is 1. The Hall–Kier alpha value is -1.86. The Morgan fingerprint density at radius 1 is 1.50 bits per heavy atom. The smallest absolute Gasteiger partial charge is 0.230 e. The first kappa shape index (κ1) is 14.5. The molecular weight excluding hydrogens is 250 g/mol. The Morgan fingerprint density at radius 3 is 2.95 bits per heavy atom. The second kappa shape index (κ2) is 6.06. The number of nitrogens with zero attached hydrogens (tertiary/aromatic N) is 1. The molecule has 1 heterocycles. The number of carbonyl (C=O) groups is 1. The van der Waals surface area contributed by atoms with Crippen LogP contribution in [-0.4, -0.2) is 19.0 Å². The Morgan fingerprint density at radius 2 is 2.30 bits per heavy atom. The lowest BCUT2D eigenvalue weighted by Crippen LogP contribution is -2.44. The SMILES string of the molecule is CC(C)(C(=O)Nc1cccc(C#N)c1)C1CCCNC1. The highest BCUT2D eigenvalue weighted by molar-refractivity contribution is 5.95. The summed E-state index contributed by atoms with van der Waals surface area (Å²) in [6.45, 7) is 5.92. The van der Waals surface area contributed by atoms with Gasteiger partial charge in [0.15, 0.2) is 0 Å². The maximum absolute atomic E-state index is 12.5. The molecule has 1 unspecified atom stereocenters. The van der Waals surface area contributed by atoms with Gasteiger partial charge in [-0.2, -0.15) is 5.26 Å². The number of benzene rings is 1. The number of rotatable bonds is 3. The van der Waals surface area contributed by atoms with Gasteiger partial charge in [-0.05, 0) is 50.0 Å². The van der Waals surface area contributed by atoms with Gasteiger partial charge >= 0.3 is 0 Å². The molecule has 0 aliphatic carbocycles. The van der Waals surface area contributed by atoms with Crippen LogP contribution in [0.4, 0.5) is 5.69 Å². The normalized spacial score (nSPS) is 19.1. The molecule has 0 aromatic heterocycles. The van der Waals surface area contributed by atoms with Crippen molar-refractivity contribution >= 4 is 11.6 Å². The highest BCUT2D eigenvalue weighted by Crippen LogP contribution is 2.33. The Labute approximate surface area is 120 Å². The van der Waals surface area contributed by atoms with Crippen molar-refractivity contribution in [2.75, 3.05) is 18.4 Å². The molecule has 1 saturated heterocycles. The largest absolute Gasteiger partial charge is 0.326 e. The molecular formula is C16H21N3O. The standard InChI is InChI=1S/C16H21N3O/c1-16(2,13-6-4-8-18-11-13)15(20)19-14-7-3-5-12(9-14)10-17/h3,5,7,9,13,18H,4,6,8,11H2,1-2H3,(H,19,20). The van der Waals surface area contributed by atoms with E-state index in [2.05, 4.69) is 16.7 Å². The Kier molecular flexibility index (Phi) is 4.41. The molecule has 1 atom stereocenters. The van der Waals surface area contributed by atoms with Gasteiger partial charge in [-0.1, -0.05) is 19.9 Å². The van der Waals surface area contributed by atoms with E-state index in [9.17, 15) is 4.79 Å². The number of nitriles is 1. The summed E-state index contributed by atoms with van der Waals surface area (Å²) in [6.07, 6.45) is 2.19. The summed E-state index contributed by atoms with van der Waals surface area (Å²) >= 11 is 0. The van der Waals surface area contributed by atoms with E-state index in [1.165, 1.54) is 0 Å². The molecule has 0 radical (unpaired) electrons. The van der Waals surface area contributed by atoms with Crippen LogP contribution in [0, 0.1) is 22.7 Å². The van der Waals surface area contributed by atoms with Crippen molar-refractivity contribution in [1.29, 1.82) is 5.26 Å². The summed E-state index contributed by atoms with van der Waals surface area (Å²) in [4.78, 5) is 12.5. The first-order valence-electron chi connectivity index (χ1n) is 7.06. The van der Waals surface area contributed by atoms with Gasteiger partial charge in [0.2, 0.25) is 5.91 Å². The molecule has 1 fully saturated rings. The van der Waals surface area contributed by atoms with Gasteiger partial charge in [0.25, 0.3) is 0 Å². The zero-order chi connectivity index (χ0) is 14.6. The Bertz CT molecular complexity index is 525. The average molecular weight is 271 g/mol. The van der Waals surface area contributed by atoms with Crippen LogP contribution in [0.3, 0.4) is 0 Å². The van der Waals surface area contributed by atoms with Gasteiger partial charge in [0.1, 0.15) is 0 Å². The lowest BCUT2D eigenvalue weighted by Gasteiger charge is -2.36. The van der Waals surface area contributed by atoms with Crippen LogP contribution in [0.5, 0.6) is 0 Å². The third-order valence-electron chi connectivity index (χ3n) is 4.15. The van der Waals surface area contributed by atoms with Crippen LogP contribution >= 0.6 is 0 Å². The minimum absolute atomic E-state index is 0.0151. The summed E-state index contributed by atoms with van der Waals surface area (Å²) in [5.74, 6) is 0.358. The van der Waals surface area contributed by atoms with E-state index in [4.69, 9.17) is 5.26 Å². The van der Waals surface area contributed by atoms with Crippen molar-refractivity contribution in [3.8, 4) is 6.07 Å². The summed E-state index contributed by atoms with van der Waals surface area (Å²) in [7, 11) is 0. The molecule has 1 aromatic carbocycles. The molecule has 4 nitrogen and oxygen atoms in total. The van der Waals surface area contributed by atoms with Gasteiger partial charge in [0, 0.05) is 11.1 Å². The summed E-state index contributed by atoms with van der Waals surface area (Å²) in [6, 6.07) is 9.11. The summed E-state index contributed by atoms with van der Waals surface area (Å²) in [5, 5.41) is 15.2. The maximum Gasteiger partial charge on any atom is 0.230 e. The van der Waals surface area contributed by atoms with Crippen LogP contribution in [0.1, 0.15) is 32.3 Å². The molecule has 0 bridgehead atoms. The maximum atomic E-state index is 12.5. The van der Waals surface area contributed by atoms with Crippen molar-refractivity contribution in [3.63, 3.8) is 0 Å². The fraction of sp³-hybridized carbons (Fsp3) is 0.500. The quantitative estimate of drug-likeness (QED) is 0.888. The molecule has 2 N–H and O–H groups in total.